The second kappa shape index (κ2) is 9.36. The van der Waals surface area contributed by atoms with E-state index in [9.17, 15) is 20.4 Å². The summed E-state index contributed by atoms with van der Waals surface area (Å²) in [7, 11) is 3.09. The molecule has 4 N–H and O–H groups in total. The number of phenols is 4. The van der Waals surface area contributed by atoms with E-state index in [0.29, 0.717) is 44.9 Å². The average Bonchev–Trinajstić information content (AvgIpc) is 3.23. The van der Waals surface area contributed by atoms with Gasteiger partial charge in [0, 0.05) is 33.4 Å². The van der Waals surface area contributed by atoms with Crippen molar-refractivity contribution in [3.63, 3.8) is 0 Å². The fourth-order valence-corrected chi connectivity index (χ4v) is 7.96. The number of benzene rings is 4. The van der Waals surface area contributed by atoms with Gasteiger partial charge in [-0.15, -0.1) is 0 Å². The lowest BCUT2D eigenvalue weighted by molar-refractivity contribution is -0.0795. The minimum Gasteiger partial charge on any atom is -0.508 e. The van der Waals surface area contributed by atoms with Gasteiger partial charge in [-0.2, -0.15) is 0 Å². The van der Waals surface area contributed by atoms with Gasteiger partial charge in [0.1, 0.15) is 34.5 Å². The first-order chi connectivity index (χ1) is 22.2. The van der Waals surface area contributed by atoms with Gasteiger partial charge in [0.2, 0.25) is 0 Å². The van der Waals surface area contributed by atoms with E-state index in [0.717, 1.165) is 0 Å². The van der Waals surface area contributed by atoms with Crippen LogP contribution in [0.4, 0.5) is 9.59 Å². The summed E-state index contributed by atoms with van der Waals surface area (Å²) in [6.07, 6.45) is 0. The maximum atomic E-state index is 15.1. The Morgan fingerprint density at radius 1 is 0.478 bits per heavy atom. The van der Waals surface area contributed by atoms with Crippen molar-refractivity contribution < 1.29 is 39.5 Å². The van der Waals surface area contributed by atoms with E-state index < -0.39 is 23.4 Å². The largest absolute Gasteiger partial charge is 0.508 e. The molecule has 4 amide bonds. The normalized spacial score (nSPS) is 22.7. The minimum atomic E-state index is -1.59. The van der Waals surface area contributed by atoms with Gasteiger partial charge in [0.15, 0.2) is 11.3 Å². The van der Waals surface area contributed by atoms with E-state index in [1.54, 1.807) is 82.4 Å². The Bertz CT molecular complexity index is 1720. The molecule has 12 heteroatoms. The van der Waals surface area contributed by atoms with Gasteiger partial charge in [0.25, 0.3) is 0 Å². The molecule has 0 atom stereocenters. The summed E-state index contributed by atoms with van der Waals surface area (Å²) in [5, 5.41) is 44.3. The lowest BCUT2D eigenvalue weighted by atomic mass is 9.79. The molecule has 2 saturated heterocycles. The number of carbonyl (C=O) groups is 2. The second-order valence-corrected chi connectivity index (χ2v) is 11.8. The van der Waals surface area contributed by atoms with E-state index in [-0.39, 0.29) is 49.2 Å². The van der Waals surface area contributed by atoms with Crippen molar-refractivity contribution in [3.8, 4) is 34.5 Å². The number of hydrogen-bond acceptors (Lipinski definition) is 8. The topological polar surface area (TPSA) is 146 Å². The molecule has 0 aliphatic carbocycles. The zero-order chi connectivity index (χ0) is 32.1. The lowest BCUT2D eigenvalue weighted by Crippen LogP contribution is -2.62. The standard InChI is InChI=1S/C34H30N4O8/c1-45-21-7-3-19(4-8-21)33-34(20-5-9-22(46-2)10-6-20)37-17-25-26(30(42)14-13-29(25)41)18-38(34)32(44)36(33)16-24-23(15-35(33)31(37)43)27(39)11-12-28(24)40/h3-14,39-42H,15-18H2,1-2H3. The number of amides is 4. The number of hydrogen-bond donors (Lipinski definition) is 4. The number of aromatic hydroxyl groups is 4. The van der Waals surface area contributed by atoms with Crippen LogP contribution in [0.5, 0.6) is 34.5 Å². The second-order valence-electron chi connectivity index (χ2n) is 11.8. The third kappa shape index (κ3) is 3.17. The lowest BCUT2D eigenvalue weighted by Gasteiger charge is -2.49. The number of rotatable bonds is 4. The number of ether oxygens (including phenoxy) is 2. The quantitative estimate of drug-likeness (QED) is 0.245. The zero-order valence-corrected chi connectivity index (χ0v) is 25.0. The zero-order valence-electron chi connectivity index (χ0n) is 25.0. The summed E-state index contributed by atoms with van der Waals surface area (Å²) in [6.45, 7) is -0.590. The molecular formula is C34H30N4O8. The Morgan fingerprint density at radius 3 is 0.978 bits per heavy atom. The van der Waals surface area contributed by atoms with Crippen molar-refractivity contribution in [1.29, 1.82) is 0 Å². The molecule has 12 nitrogen and oxygen atoms in total. The molecule has 0 aromatic heterocycles. The molecule has 234 valence electrons. The van der Waals surface area contributed by atoms with Gasteiger partial charge < -0.3 is 29.9 Å². The Labute approximate surface area is 263 Å². The summed E-state index contributed by atoms with van der Waals surface area (Å²) in [6, 6.07) is 18.8. The SMILES string of the molecule is COc1ccc(C23N4Cc5c(O)ccc(O)c5CN2C(=O)N2Cc5c(O)ccc(O)c5CN(C4=O)C23c2ccc(OC)cc2)cc1. The van der Waals surface area contributed by atoms with Gasteiger partial charge in [-0.25, -0.2) is 9.59 Å². The molecule has 0 radical (unpaired) electrons. The van der Waals surface area contributed by atoms with Crippen LogP contribution in [-0.2, 0) is 37.5 Å². The first-order valence-corrected chi connectivity index (χ1v) is 14.7. The molecule has 8 rings (SSSR count). The summed E-state index contributed by atoms with van der Waals surface area (Å²) >= 11 is 0. The minimum absolute atomic E-state index is 0.121. The fraction of sp³-hybridized carbons (Fsp3) is 0.235. The van der Waals surface area contributed by atoms with E-state index in [1.807, 2.05) is 0 Å². The van der Waals surface area contributed by atoms with Crippen molar-refractivity contribution in [2.24, 2.45) is 0 Å². The highest BCUT2D eigenvalue weighted by Crippen LogP contribution is 2.66. The van der Waals surface area contributed by atoms with E-state index in [1.165, 1.54) is 24.3 Å². The monoisotopic (exact) mass is 622 g/mol. The van der Waals surface area contributed by atoms with Crippen molar-refractivity contribution in [3.05, 3.63) is 106 Å². The summed E-state index contributed by atoms with van der Waals surface area (Å²) < 4.78 is 10.9. The van der Waals surface area contributed by atoms with Gasteiger partial charge in [-0.1, -0.05) is 24.3 Å². The Hall–Kier alpha value is -5.78. The van der Waals surface area contributed by atoms with Crippen molar-refractivity contribution in [1.82, 2.24) is 19.6 Å². The first-order valence-electron chi connectivity index (χ1n) is 14.7. The van der Waals surface area contributed by atoms with Crippen LogP contribution >= 0.6 is 0 Å². The molecule has 4 aromatic carbocycles. The van der Waals surface area contributed by atoms with Crippen LogP contribution in [0.2, 0.25) is 0 Å². The molecule has 0 spiro atoms. The third-order valence-corrected chi connectivity index (χ3v) is 9.99. The smallest absolute Gasteiger partial charge is 0.325 e. The van der Waals surface area contributed by atoms with Crippen molar-refractivity contribution in [2.45, 2.75) is 37.5 Å². The molecule has 4 aliphatic rings. The molecule has 0 saturated carbocycles. The van der Waals surface area contributed by atoms with Crippen LogP contribution in [0, 0.1) is 0 Å². The molecule has 46 heavy (non-hydrogen) atoms. The number of methoxy groups -OCH3 is 2. The van der Waals surface area contributed by atoms with Crippen LogP contribution in [0.1, 0.15) is 33.4 Å². The fourth-order valence-electron chi connectivity index (χ4n) is 7.96. The highest BCUT2D eigenvalue weighted by Gasteiger charge is 2.80. The molecule has 2 fully saturated rings. The first kappa shape index (κ1) is 27.7. The van der Waals surface area contributed by atoms with Crippen LogP contribution in [0.25, 0.3) is 0 Å². The number of urea groups is 2. The highest BCUT2D eigenvalue weighted by molar-refractivity contribution is 5.91. The van der Waals surface area contributed by atoms with Crippen LogP contribution in [-0.4, -0.2) is 66.3 Å². The molecular weight excluding hydrogens is 592 g/mol. The number of fused-ring (bicyclic) bond motifs is 2. The van der Waals surface area contributed by atoms with E-state index in [4.69, 9.17) is 9.47 Å². The van der Waals surface area contributed by atoms with Crippen molar-refractivity contribution in [2.75, 3.05) is 14.2 Å². The third-order valence-electron chi connectivity index (χ3n) is 9.99. The Kier molecular flexibility index (Phi) is 5.65. The van der Waals surface area contributed by atoms with E-state index in [2.05, 4.69) is 0 Å². The maximum Gasteiger partial charge on any atom is 0.325 e. The summed E-state index contributed by atoms with van der Waals surface area (Å²) in [5.74, 6) is 0.647. The average molecular weight is 623 g/mol. The highest BCUT2D eigenvalue weighted by atomic mass is 16.5. The van der Waals surface area contributed by atoms with Gasteiger partial charge >= 0.3 is 12.1 Å². The summed E-state index contributed by atoms with van der Waals surface area (Å²) in [4.78, 5) is 36.5. The van der Waals surface area contributed by atoms with Gasteiger partial charge in [0.05, 0.1) is 40.4 Å². The molecule has 4 aromatic rings. The van der Waals surface area contributed by atoms with E-state index >= 15 is 9.59 Å². The predicted molar refractivity (Wildman–Crippen MR) is 162 cm³/mol. The molecule has 4 heterocycles. The number of carbonyl (C=O) groups excluding carboxylic acids is 2. The molecule has 4 aliphatic heterocycles. The number of phenolic OH excluding ortho intramolecular Hbond substituents is 4. The van der Waals surface area contributed by atoms with Gasteiger partial charge in [-0.3, -0.25) is 19.6 Å². The van der Waals surface area contributed by atoms with Crippen LogP contribution in [0.3, 0.4) is 0 Å². The van der Waals surface area contributed by atoms with Crippen molar-refractivity contribution >= 4 is 12.1 Å². The Morgan fingerprint density at radius 2 is 0.739 bits per heavy atom. The van der Waals surface area contributed by atoms with Crippen LogP contribution in [0.15, 0.2) is 72.8 Å². The predicted octanol–water partition coefficient (Wildman–Crippen LogP) is 4.43. The number of nitrogens with zero attached hydrogens (tertiary/aromatic N) is 4. The molecule has 0 bridgehead atoms. The van der Waals surface area contributed by atoms with Gasteiger partial charge in [-0.05, 0) is 48.5 Å². The molecule has 0 unspecified atom stereocenters. The van der Waals surface area contributed by atoms with Crippen LogP contribution < -0.4 is 9.47 Å². The maximum absolute atomic E-state index is 15.1. The summed E-state index contributed by atoms with van der Waals surface area (Å²) in [5.41, 5.74) is -0.766. The Balaban J connectivity index is 1.52.